The number of likely N-dealkylation sites (tertiary alicyclic amines) is 1. The Bertz CT molecular complexity index is 786. The van der Waals surface area contributed by atoms with Crippen molar-refractivity contribution in [3.8, 4) is 0 Å². The lowest BCUT2D eigenvalue weighted by atomic mass is 9.77. The first-order valence-electron chi connectivity index (χ1n) is 9.07. The van der Waals surface area contributed by atoms with Gasteiger partial charge in [0, 0.05) is 18.5 Å². The van der Waals surface area contributed by atoms with Gasteiger partial charge in [-0.3, -0.25) is 9.59 Å². The maximum absolute atomic E-state index is 12.9. The van der Waals surface area contributed by atoms with E-state index in [0.717, 1.165) is 6.42 Å². The molecule has 5 rings (SSSR count). The van der Waals surface area contributed by atoms with Gasteiger partial charge in [-0.15, -0.1) is 11.3 Å². The van der Waals surface area contributed by atoms with Gasteiger partial charge in [-0.2, -0.15) is 0 Å². The molecule has 1 N–H and O–H groups in total. The molecule has 0 radical (unpaired) electrons. The second-order valence-corrected chi connectivity index (χ2v) is 8.65. The van der Waals surface area contributed by atoms with Gasteiger partial charge in [0.1, 0.15) is 5.60 Å². The number of thiophene rings is 1. The van der Waals surface area contributed by atoms with Crippen LogP contribution in [0.2, 0.25) is 0 Å². The highest BCUT2D eigenvalue weighted by atomic mass is 32.1. The van der Waals surface area contributed by atoms with Crippen LogP contribution in [-0.4, -0.2) is 42.0 Å². The summed E-state index contributed by atoms with van der Waals surface area (Å²) >= 11 is 1.82. The number of nitrogens with zero attached hydrogens (tertiary/aromatic N) is 1. The van der Waals surface area contributed by atoms with Gasteiger partial charge in [0.15, 0.2) is 0 Å². The van der Waals surface area contributed by atoms with E-state index in [2.05, 4.69) is 10.7 Å². The highest BCUT2D eigenvalue weighted by Crippen LogP contribution is 2.51. The van der Waals surface area contributed by atoms with Crippen molar-refractivity contribution < 1.29 is 14.3 Å². The van der Waals surface area contributed by atoms with Crippen LogP contribution in [0.5, 0.6) is 0 Å². The number of amides is 2. The first kappa shape index (κ1) is 15.6. The molecule has 2 fully saturated rings. The number of likely N-dealkylation sites (N-methyl/N-ethyl adjacent to an activating group) is 1. The molecule has 0 unspecified atom stereocenters. The summed E-state index contributed by atoms with van der Waals surface area (Å²) in [5, 5.41) is 5.27. The normalized spacial score (nSPS) is 35.2. The molecule has 132 valence electrons. The molecule has 2 bridgehead atoms. The van der Waals surface area contributed by atoms with Gasteiger partial charge in [-0.25, -0.2) is 0 Å². The first-order chi connectivity index (χ1) is 12.1. The first-order valence-corrected chi connectivity index (χ1v) is 9.95. The fourth-order valence-electron chi connectivity index (χ4n) is 5.00. The third-order valence-electron chi connectivity index (χ3n) is 6.19. The number of nitrogens with one attached hydrogen (secondary N) is 1. The predicted octanol–water partition coefficient (Wildman–Crippen LogP) is 1.65. The summed E-state index contributed by atoms with van der Waals surface area (Å²) in [4.78, 5) is 28.6. The Morgan fingerprint density at radius 3 is 3.16 bits per heavy atom. The van der Waals surface area contributed by atoms with Crippen molar-refractivity contribution >= 4 is 23.2 Å². The second-order valence-electron chi connectivity index (χ2n) is 7.68. The van der Waals surface area contributed by atoms with Crippen LogP contribution in [-0.2, 0) is 33.7 Å². The van der Waals surface area contributed by atoms with Gasteiger partial charge in [0.25, 0.3) is 0 Å². The molecule has 1 aromatic rings. The number of carbonyl (C=O) groups excluding carboxylic acids is 2. The summed E-state index contributed by atoms with van der Waals surface area (Å²) in [7, 11) is 1.78. The smallest absolute Gasteiger partial charge is 0.229 e. The Kier molecular flexibility index (Phi) is 3.38. The number of hydrogen-bond acceptors (Lipinski definition) is 4. The molecular weight excluding hydrogens is 336 g/mol. The summed E-state index contributed by atoms with van der Waals surface area (Å²) < 4.78 is 6.05. The average molecular weight is 358 g/mol. The van der Waals surface area contributed by atoms with E-state index in [1.54, 1.807) is 11.9 Å². The van der Waals surface area contributed by atoms with Crippen molar-refractivity contribution in [2.75, 3.05) is 13.6 Å². The summed E-state index contributed by atoms with van der Waals surface area (Å²) in [6.07, 6.45) is 8.48. The largest absolute Gasteiger partial charge is 0.360 e. The van der Waals surface area contributed by atoms with Crippen molar-refractivity contribution in [1.82, 2.24) is 10.2 Å². The van der Waals surface area contributed by atoms with E-state index in [1.165, 1.54) is 35.3 Å². The average Bonchev–Trinajstić information content (AvgIpc) is 3.33. The van der Waals surface area contributed by atoms with Crippen LogP contribution in [0.4, 0.5) is 0 Å². The number of ether oxygens (including phenoxy) is 1. The molecule has 0 aromatic carbocycles. The van der Waals surface area contributed by atoms with Crippen molar-refractivity contribution in [1.29, 1.82) is 0 Å². The number of fused-ring (bicyclic) bond motifs is 2. The van der Waals surface area contributed by atoms with E-state index in [0.29, 0.717) is 13.1 Å². The van der Waals surface area contributed by atoms with Gasteiger partial charge in [0.05, 0.1) is 24.5 Å². The van der Waals surface area contributed by atoms with E-state index in [1.807, 2.05) is 23.5 Å². The Balaban J connectivity index is 1.33. The topological polar surface area (TPSA) is 58.6 Å². The van der Waals surface area contributed by atoms with Crippen molar-refractivity contribution in [2.45, 2.75) is 43.9 Å². The highest BCUT2D eigenvalue weighted by molar-refractivity contribution is 7.10. The summed E-state index contributed by atoms with van der Waals surface area (Å²) in [5.74, 6) is -0.804. The molecule has 1 spiro atoms. The summed E-state index contributed by atoms with van der Waals surface area (Å²) in [6.45, 7) is 1.10. The SMILES string of the molecule is CN1C[C@]23C=C[C@H](O2)[C@H](C(=O)NCc2csc4c2CCCC4)[C@@H]3C1=O. The maximum Gasteiger partial charge on any atom is 0.229 e. The molecule has 6 heteroatoms. The minimum atomic E-state index is -0.583. The molecule has 2 amide bonds. The van der Waals surface area contributed by atoms with Crippen molar-refractivity contribution in [3.05, 3.63) is 33.5 Å². The highest BCUT2D eigenvalue weighted by Gasteiger charge is 2.66. The molecule has 5 nitrogen and oxygen atoms in total. The Morgan fingerprint density at radius 2 is 2.28 bits per heavy atom. The van der Waals surface area contributed by atoms with Crippen LogP contribution >= 0.6 is 11.3 Å². The molecule has 2 saturated heterocycles. The van der Waals surface area contributed by atoms with Crippen molar-refractivity contribution in [3.63, 3.8) is 0 Å². The van der Waals surface area contributed by atoms with Crippen LogP contribution in [0.25, 0.3) is 0 Å². The number of aryl methyl sites for hydroxylation is 1. The Morgan fingerprint density at radius 1 is 1.44 bits per heavy atom. The minimum Gasteiger partial charge on any atom is -0.360 e. The van der Waals surface area contributed by atoms with E-state index < -0.39 is 11.5 Å². The second kappa shape index (κ2) is 5.42. The molecule has 4 atom stereocenters. The predicted molar refractivity (Wildman–Crippen MR) is 94.2 cm³/mol. The van der Waals surface area contributed by atoms with Gasteiger partial charge in [0.2, 0.25) is 11.8 Å². The zero-order valence-corrected chi connectivity index (χ0v) is 15.1. The van der Waals surface area contributed by atoms with Crippen LogP contribution in [0.15, 0.2) is 17.5 Å². The quantitative estimate of drug-likeness (QED) is 0.836. The van der Waals surface area contributed by atoms with Crippen molar-refractivity contribution in [2.24, 2.45) is 11.8 Å². The van der Waals surface area contributed by atoms with Gasteiger partial charge >= 0.3 is 0 Å². The third-order valence-corrected chi connectivity index (χ3v) is 7.33. The molecule has 1 aromatic heterocycles. The van der Waals surface area contributed by atoms with Gasteiger partial charge < -0.3 is 15.0 Å². The molecule has 1 aliphatic carbocycles. The fraction of sp³-hybridized carbons (Fsp3) is 0.579. The molecule has 25 heavy (non-hydrogen) atoms. The van der Waals surface area contributed by atoms with Crippen LogP contribution in [0.1, 0.15) is 28.8 Å². The molecule has 4 aliphatic rings. The van der Waals surface area contributed by atoms with Gasteiger partial charge in [-0.1, -0.05) is 12.2 Å². The van der Waals surface area contributed by atoms with Crippen LogP contribution < -0.4 is 5.32 Å². The van der Waals surface area contributed by atoms with E-state index >= 15 is 0 Å². The van der Waals surface area contributed by atoms with Crippen LogP contribution in [0.3, 0.4) is 0 Å². The monoisotopic (exact) mass is 358 g/mol. The number of hydrogen-bond donors (Lipinski definition) is 1. The minimum absolute atomic E-state index is 0.0277. The molecule has 0 saturated carbocycles. The van der Waals surface area contributed by atoms with Crippen LogP contribution in [0, 0.1) is 11.8 Å². The number of rotatable bonds is 3. The zero-order chi connectivity index (χ0) is 17.2. The Labute approximate surface area is 151 Å². The molecular formula is C19H22N2O3S. The summed E-state index contributed by atoms with van der Waals surface area (Å²) in [5.41, 5.74) is 2.10. The fourth-order valence-corrected chi connectivity index (χ4v) is 6.15. The molecule has 4 heterocycles. The Hall–Kier alpha value is -1.66. The zero-order valence-electron chi connectivity index (χ0n) is 14.3. The standard InChI is InChI=1S/C19H22N2O3S/c1-21-10-19-7-6-13(24-19)15(16(19)18(21)23)17(22)20-8-11-9-25-14-5-3-2-4-12(11)14/h6-7,9,13,15-16H,2-5,8,10H2,1H3,(H,20,22)/t13-,15-,16+,19-/m0/s1. The van der Waals surface area contributed by atoms with E-state index in [4.69, 9.17) is 4.74 Å². The maximum atomic E-state index is 12.9. The summed E-state index contributed by atoms with van der Waals surface area (Å²) in [6, 6.07) is 0. The van der Waals surface area contributed by atoms with E-state index in [9.17, 15) is 9.59 Å². The number of carbonyl (C=O) groups is 2. The lowest BCUT2D eigenvalue weighted by Crippen LogP contribution is -2.43. The van der Waals surface area contributed by atoms with E-state index in [-0.39, 0.29) is 23.8 Å². The molecule has 3 aliphatic heterocycles. The van der Waals surface area contributed by atoms with Gasteiger partial charge in [-0.05, 0) is 42.2 Å². The third kappa shape index (κ3) is 2.16. The lowest BCUT2D eigenvalue weighted by Gasteiger charge is -2.23. The lowest BCUT2D eigenvalue weighted by molar-refractivity contribution is -0.136.